The molecule has 0 radical (unpaired) electrons. The van der Waals surface area contributed by atoms with Crippen LogP contribution in [0.25, 0.3) is 6.08 Å². The van der Waals surface area contributed by atoms with Crippen LogP contribution in [-0.4, -0.2) is 27.8 Å². The van der Waals surface area contributed by atoms with Gasteiger partial charge in [-0.15, -0.1) is 0 Å². The standard InChI is InChI=1S/C21H18ClFN2O3/c1-13-17(8-10-18(26)15-5-9-19(27)20(11-15)28-2)21(22)25(24-13)12-14-3-6-16(23)7-4-14/h3-11,27H,12H2,1-2H3/b10-8+. The zero-order valence-corrected chi connectivity index (χ0v) is 16.1. The third-order valence-electron chi connectivity index (χ3n) is 4.22. The molecular weight excluding hydrogens is 383 g/mol. The number of hydrogen-bond donors (Lipinski definition) is 1. The summed E-state index contributed by atoms with van der Waals surface area (Å²) in [5, 5.41) is 14.4. The lowest BCUT2D eigenvalue weighted by Gasteiger charge is -2.04. The molecule has 28 heavy (non-hydrogen) atoms. The van der Waals surface area contributed by atoms with Gasteiger partial charge in [0.1, 0.15) is 11.0 Å². The van der Waals surface area contributed by atoms with Crippen LogP contribution >= 0.6 is 11.6 Å². The number of ketones is 1. The van der Waals surface area contributed by atoms with Crippen molar-refractivity contribution < 1.29 is 19.0 Å². The van der Waals surface area contributed by atoms with Crippen molar-refractivity contribution in [3.05, 3.63) is 81.9 Å². The van der Waals surface area contributed by atoms with Gasteiger partial charge in [0.15, 0.2) is 17.3 Å². The Hall–Kier alpha value is -3.12. The zero-order valence-electron chi connectivity index (χ0n) is 15.3. The number of nitrogens with zero attached hydrogens (tertiary/aromatic N) is 2. The van der Waals surface area contributed by atoms with Gasteiger partial charge in [-0.1, -0.05) is 23.7 Å². The topological polar surface area (TPSA) is 64.3 Å². The summed E-state index contributed by atoms with van der Waals surface area (Å²) < 4.78 is 19.7. The van der Waals surface area contributed by atoms with Crippen LogP contribution in [0.1, 0.15) is 27.2 Å². The first-order chi connectivity index (χ1) is 13.4. The molecule has 0 aliphatic rings. The Morgan fingerprint density at radius 2 is 2.00 bits per heavy atom. The van der Waals surface area contributed by atoms with Crippen LogP contribution in [0.15, 0.2) is 48.5 Å². The fourth-order valence-electron chi connectivity index (χ4n) is 2.71. The van der Waals surface area contributed by atoms with Gasteiger partial charge in [0.05, 0.1) is 19.3 Å². The first-order valence-corrected chi connectivity index (χ1v) is 8.83. The maximum Gasteiger partial charge on any atom is 0.185 e. The number of aromatic hydroxyl groups is 1. The van der Waals surface area contributed by atoms with E-state index in [0.29, 0.717) is 28.5 Å². The van der Waals surface area contributed by atoms with Gasteiger partial charge < -0.3 is 9.84 Å². The third kappa shape index (κ3) is 4.23. The average molecular weight is 401 g/mol. The minimum absolute atomic E-state index is 0.0380. The molecule has 1 heterocycles. The number of carbonyl (C=O) groups is 1. The number of carbonyl (C=O) groups excluding carboxylic acids is 1. The Balaban J connectivity index is 1.81. The van der Waals surface area contributed by atoms with Crippen LogP contribution < -0.4 is 4.74 Å². The number of aromatic nitrogens is 2. The molecule has 0 amide bonds. The molecule has 0 spiro atoms. The molecule has 144 valence electrons. The zero-order chi connectivity index (χ0) is 20.3. The number of benzene rings is 2. The summed E-state index contributed by atoms with van der Waals surface area (Å²) in [5.74, 6) is -0.385. The smallest absolute Gasteiger partial charge is 0.185 e. The highest BCUT2D eigenvalue weighted by molar-refractivity contribution is 6.31. The van der Waals surface area contributed by atoms with Crippen LogP contribution in [0.2, 0.25) is 5.15 Å². The molecule has 0 bridgehead atoms. The van der Waals surface area contributed by atoms with Gasteiger partial charge in [-0.2, -0.15) is 5.10 Å². The number of hydrogen-bond acceptors (Lipinski definition) is 4. The van der Waals surface area contributed by atoms with Crippen LogP contribution in [0.4, 0.5) is 4.39 Å². The van der Waals surface area contributed by atoms with Gasteiger partial charge in [-0.3, -0.25) is 4.79 Å². The molecule has 0 aliphatic heterocycles. The first-order valence-electron chi connectivity index (χ1n) is 8.46. The molecule has 1 N–H and O–H groups in total. The Morgan fingerprint density at radius 3 is 2.68 bits per heavy atom. The van der Waals surface area contributed by atoms with Crippen molar-refractivity contribution in [1.82, 2.24) is 9.78 Å². The van der Waals surface area contributed by atoms with Crippen molar-refractivity contribution in [2.24, 2.45) is 0 Å². The summed E-state index contributed by atoms with van der Waals surface area (Å²) in [6.45, 7) is 2.18. The van der Waals surface area contributed by atoms with Crippen molar-refractivity contribution in [3.8, 4) is 11.5 Å². The monoisotopic (exact) mass is 400 g/mol. The van der Waals surface area contributed by atoms with E-state index in [-0.39, 0.29) is 23.1 Å². The number of phenols is 1. The Morgan fingerprint density at radius 1 is 1.29 bits per heavy atom. The molecular formula is C21H18ClFN2O3. The third-order valence-corrected chi connectivity index (χ3v) is 4.62. The lowest BCUT2D eigenvalue weighted by atomic mass is 10.1. The van der Waals surface area contributed by atoms with E-state index < -0.39 is 0 Å². The van der Waals surface area contributed by atoms with Crippen LogP contribution in [0.5, 0.6) is 11.5 Å². The molecule has 0 unspecified atom stereocenters. The van der Waals surface area contributed by atoms with Crippen LogP contribution in [0, 0.1) is 12.7 Å². The van der Waals surface area contributed by atoms with Crippen molar-refractivity contribution in [3.63, 3.8) is 0 Å². The molecule has 0 fully saturated rings. The lowest BCUT2D eigenvalue weighted by molar-refractivity contribution is 0.104. The number of rotatable bonds is 6. The van der Waals surface area contributed by atoms with E-state index in [1.54, 1.807) is 29.8 Å². The average Bonchev–Trinajstić information content (AvgIpc) is 2.95. The fraction of sp³-hybridized carbons (Fsp3) is 0.143. The first kappa shape index (κ1) is 19.6. The molecule has 3 aromatic rings. The summed E-state index contributed by atoms with van der Waals surface area (Å²) in [6, 6.07) is 10.5. The molecule has 0 atom stereocenters. The van der Waals surface area contributed by atoms with E-state index in [4.69, 9.17) is 16.3 Å². The normalized spacial score (nSPS) is 11.1. The van der Waals surface area contributed by atoms with E-state index >= 15 is 0 Å². The molecule has 2 aromatic carbocycles. The Bertz CT molecular complexity index is 1040. The van der Waals surface area contributed by atoms with E-state index in [2.05, 4.69) is 5.10 Å². The van der Waals surface area contributed by atoms with Crippen molar-refractivity contribution in [2.75, 3.05) is 7.11 Å². The molecule has 0 saturated heterocycles. The number of methoxy groups -OCH3 is 1. The van der Waals surface area contributed by atoms with E-state index in [0.717, 1.165) is 5.56 Å². The maximum atomic E-state index is 13.0. The predicted octanol–water partition coefficient (Wildman–Crippen LogP) is 4.64. The second kappa shape index (κ2) is 8.27. The van der Waals surface area contributed by atoms with Gasteiger partial charge in [0.25, 0.3) is 0 Å². The van der Waals surface area contributed by atoms with Gasteiger partial charge in [0, 0.05) is 11.1 Å². The molecule has 3 rings (SSSR count). The summed E-state index contributed by atoms with van der Waals surface area (Å²) in [5.41, 5.74) is 2.52. The number of aryl methyl sites for hydroxylation is 1. The highest BCUT2D eigenvalue weighted by Crippen LogP contribution is 2.27. The van der Waals surface area contributed by atoms with Crippen LogP contribution in [0.3, 0.4) is 0 Å². The van der Waals surface area contributed by atoms with Gasteiger partial charge in [0.2, 0.25) is 0 Å². The highest BCUT2D eigenvalue weighted by Gasteiger charge is 2.13. The molecule has 0 saturated carbocycles. The number of allylic oxidation sites excluding steroid dienone is 1. The van der Waals surface area contributed by atoms with Crippen molar-refractivity contribution in [1.29, 1.82) is 0 Å². The van der Waals surface area contributed by atoms with Gasteiger partial charge >= 0.3 is 0 Å². The summed E-state index contributed by atoms with van der Waals surface area (Å²) in [6.07, 6.45) is 3.00. The largest absolute Gasteiger partial charge is 0.504 e. The summed E-state index contributed by atoms with van der Waals surface area (Å²) >= 11 is 6.42. The Labute approximate surface area is 166 Å². The van der Waals surface area contributed by atoms with E-state index in [1.807, 2.05) is 0 Å². The van der Waals surface area contributed by atoms with Crippen molar-refractivity contribution in [2.45, 2.75) is 13.5 Å². The van der Waals surface area contributed by atoms with Gasteiger partial charge in [-0.05, 0) is 55.0 Å². The highest BCUT2D eigenvalue weighted by atomic mass is 35.5. The summed E-state index contributed by atoms with van der Waals surface area (Å²) in [7, 11) is 1.41. The SMILES string of the molecule is COc1cc(C(=O)/C=C/c2c(C)nn(Cc3ccc(F)cc3)c2Cl)ccc1O. The number of ether oxygens (including phenoxy) is 1. The fourth-order valence-corrected chi connectivity index (χ4v) is 3.01. The minimum Gasteiger partial charge on any atom is -0.504 e. The molecule has 5 nitrogen and oxygen atoms in total. The minimum atomic E-state index is -0.306. The molecule has 0 aliphatic carbocycles. The molecule has 1 aromatic heterocycles. The van der Waals surface area contributed by atoms with Crippen LogP contribution in [-0.2, 0) is 6.54 Å². The Kier molecular flexibility index (Phi) is 5.80. The van der Waals surface area contributed by atoms with Crippen molar-refractivity contribution >= 4 is 23.5 Å². The van der Waals surface area contributed by atoms with Gasteiger partial charge in [-0.25, -0.2) is 9.07 Å². The van der Waals surface area contributed by atoms with E-state index in [1.165, 1.54) is 43.5 Å². The second-order valence-corrected chi connectivity index (χ2v) is 6.52. The number of phenolic OH excluding ortho intramolecular Hbond substituents is 1. The maximum absolute atomic E-state index is 13.0. The lowest BCUT2D eigenvalue weighted by Crippen LogP contribution is -2.02. The summed E-state index contributed by atoms with van der Waals surface area (Å²) in [4.78, 5) is 12.4. The molecule has 7 heteroatoms. The second-order valence-electron chi connectivity index (χ2n) is 6.16. The quantitative estimate of drug-likeness (QED) is 0.483. The van der Waals surface area contributed by atoms with E-state index in [9.17, 15) is 14.3 Å². The number of halogens is 2. The predicted molar refractivity (Wildman–Crippen MR) is 105 cm³/mol.